The third-order valence-electron chi connectivity index (χ3n) is 4.84. The number of halogens is 2. The van der Waals surface area contributed by atoms with Gasteiger partial charge in [0.15, 0.2) is 0 Å². The summed E-state index contributed by atoms with van der Waals surface area (Å²) in [7, 11) is 0. The van der Waals surface area contributed by atoms with Crippen LogP contribution in [0.3, 0.4) is 0 Å². The van der Waals surface area contributed by atoms with Crippen molar-refractivity contribution in [3.8, 4) is 5.69 Å². The molecule has 1 heterocycles. The lowest BCUT2D eigenvalue weighted by atomic mass is 10.1. The Labute approximate surface area is 163 Å². The third kappa shape index (κ3) is 4.27. The van der Waals surface area contributed by atoms with Crippen LogP contribution in [-0.4, -0.2) is 27.1 Å². The molecule has 2 aromatic carbocycles. The van der Waals surface area contributed by atoms with E-state index >= 15 is 0 Å². The second-order valence-electron chi connectivity index (χ2n) is 6.75. The summed E-state index contributed by atoms with van der Waals surface area (Å²) >= 11 is 0. The standard InChI is InChI=1S/C22H23F2N3O/c1-4-26(14-17-6-5-7-19(24)12-17)22(28)13-21-15(2)25-27(16(21)3)20-10-8-18(23)9-11-20/h5-12H,4,13-14H2,1-3H3. The summed E-state index contributed by atoms with van der Waals surface area (Å²) in [4.78, 5) is 14.6. The van der Waals surface area contributed by atoms with E-state index in [0.717, 1.165) is 28.2 Å². The molecule has 0 N–H and O–H groups in total. The summed E-state index contributed by atoms with van der Waals surface area (Å²) in [5.74, 6) is -0.665. The lowest BCUT2D eigenvalue weighted by Gasteiger charge is -2.21. The van der Waals surface area contributed by atoms with Crippen LogP contribution in [-0.2, 0) is 17.8 Å². The minimum Gasteiger partial charge on any atom is -0.338 e. The van der Waals surface area contributed by atoms with Crippen LogP contribution in [0, 0.1) is 25.5 Å². The van der Waals surface area contributed by atoms with Crippen molar-refractivity contribution in [1.82, 2.24) is 14.7 Å². The van der Waals surface area contributed by atoms with E-state index in [-0.39, 0.29) is 24.0 Å². The first-order chi connectivity index (χ1) is 13.4. The highest BCUT2D eigenvalue weighted by atomic mass is 19.1. The van der Waals surface area contributed by atoms with Gasteiger partial charge in [-0.15, -0.1) is 0 Å². The summed E-state index contributed by atoms with van der Waals surface area (Å²) in [5, 5.41) is 4.52. The Hall–Kier alpha value is -3.02. The Morgan fingerprint density at radius 1 is 1.07 bits per heavy atom. The molecule has 0 aliphatic heterocycles. The van der Waals surface area contributed by atoms with E-state index in [4.69, 9.17) is 0 Å². The number of rotatable bonds is 6. The highest BCUT2D eigenvalue weighted by molar-refractivity contribution is 5.79. The first kappa shape index (κ1) is 19.7. The van der Waals surface area contributed by atoms with Gasteiger partial charge in [-0.2, -0.15) is 5.10 Å². The van der Waals surface area contributed by atoms with Crippen molar-refractivity contribution < 1.29 is 13.6 Å². The van der Waals surface area contributed by atoms with Crippen LogP contribution >= 0.6 is 0 Å². The quantitative estimate of drug-likeness (QED) is 0.634. The number of hydrogen-bond donors (Lipinski definition) is 0. The first-order valence-electron chi connectivity index (χ1n) is 9.22. The lowest BCUT2D eigenvalue weighted by Crippen LogP contribution is -2.31. The molecule has 4 nitrogen and oxygen atoms in total. The molecule has 0 atom stereocenters. The summed E-state index contributed by atoms with van der Waals surface area (Å²) in [5.41, 5.74) is 3.96. The van der Waals surface area contributed by atoms with E-state index in [1.165, 1.54) is 24.3 Å². The first-order valence-corrected chi connectivity index (χ1v) is 9.22. The Kier molecular flexibility index (Phi) is 5.87. The van der Waals surface area contributed by atoms with E-state index in [0.29, 0.717) is 13.1 Å². The minimum atomic E-state index is -0.312. The second kappa shape index (κ2) is 8.33. The van der Waals surface area contributed by atoms with Crippen LogP contribution in [0.25, 0.3) is 5.69 Å². The molecule has 28 heavy (non-hydrogen) atoms. The fourth-order valence-electron chi connectivity index (χ4n) is 3.26. The molecule has 0 spiro atoms. The molecule has 0 aliphatic rings. The molecule has 6 heteroatoms. The second-order valence-corrected chi connectivity index (χ2v) is 6.75. The van der Waals surface area contributed by atoms with Crippen molar-refractivity contribution in [2.24, 2.45) is 0 Å². The summed E-state index contributed by atoms with van der Waals surface area (Å²) < 4.78 is 28.3. The van der Waals surface area contributed by atoms with Gasteiger partial charge in [0.1, 0.15) is 11.6 Å². The Morgan fingerprint density at radius 2 is 1.79 bits per heavy atom. The molecule has 3 rings (SSSR count). The highest BCUT2D eigenvalue weighted by Gasteiger charge is 2.19. The van der Waals surface area contributed by atoms with Crippen LogP contribution in [0.1, 0.15) is 29.4 Å². The van der Waals surface area contributed by atoms with E-state index in [9.17, 15) is 13.6 Å². The van der Waals surface area contributed by atoms with Crippen LogP contribution in [0.5, 0.6) is 0 Å². The van der Waals surface area contributed by atoms with Crippen LogP contribution in [0.15, 0.2) is 48.5 Å². The summed E-state index contributed by atoms with van der Waals surface area (Å²) in [6, 6.07) is 12.4. The van der Waals surface area contributed by atoms with Gasteiger partial charge in [-0.1, -0.05) is 12.1 Å². The maximum absolute atomic E-state index is 13.4. The summed E-state index contributed by atoms with van der Waals surface area (Å²) in [6.45, 7) is 6.54. The van der Waals surface area contributed by atoms with Gasteiger partial charge in [-0.3, -0.25) is 4.79 Å². The number of nitrogens with zero attached hydrogens (tertiary/aromatic N) is 3. The lowest BCUT2D eigenvalue weighted by molar-refractivity contribution is -0.130. The number of hydrogen-bond acceptors (Lipinski definition) is 2. The molecular weight excluding hydrogens is 360 g/mol. The average molecular weight is 383 g/mol. The third-order valence-corrected chi connectivity index (χ3v) is 4.84. The Balaban J connectivity index is 1.80. The number of likely N-dealkylation sites (N-methyl/N-ethyl adjacent to an activating group) is 1. The van der Waals surface area contributed by atoms with Gasteiger partial charge in [0.2, 0.25) is 5.91 Å². The van der Waals surface area contributed by atoms with E-state index in [2.05, 4.69) is 5.10 Å². The van der Waals surface area contributed by atoms with Crippen LogP contribution in [0.4, 0.5) is 8.78 Å². The fraction of sp³-hybridized carbons (Fsp3) is 0.273. The summed E-state index contributed by atoms with van der Waals surface area (Å²) in [6.07, 6.45) is 0.210. The van der Waals surface area contributed by atoms with Crippen LogP contribution < -0.4 is 0 Å². The molecule has 3 aromatic rings. The number of carbonyl (C=O) groups is 1. The average Bonchev–Trinajstić information content (AvgIpc) is 2.95. The zero-order valence-electron chi connectivity index (χ0n) is 16.2. The van der Waals surface area contributed by atoms with Gasteiger partial charge >= 0.3 is 0 Å². The number of carbonyl (C=O) groups excluding carboxylic acids is 1. The van der Waals surface area contributed by atoms with Gasteiger partial charge in [0.05, 0.1) is 17.8 Å². The predicted octanol–water partition coefficient (Wildman–Crippen LogP) is 4.36. The monoisotopic (exact) mass is 383 g/mol. The minimum absolute atomic E-state index is 0.0448. The number of aryl methyl sites for hydroxylation is 1. The largest absolute Gasteiger partial charge is 0.338 e. The van der Waals surface area contributed by atoms with E-state index in [1.807, 2.05) is 26.8 Å². The zero-order valence-corrected chi connectivity index (χ0v) is 16.2. The molecule has 0 aliphatic carbocycles. The molecule has 0 saturated carbocycles. The van der Waals surface area contributed by atoms with Crippen molar-refractivity contribution in [3.05, 3.63) is 82.7 Å². The number of benzene rings is 2. The highest BCUT2D eigenvalue weighted by Crippen LogP contribution is 2.20. The maximum atomic E-state index is 13.4. The molecule has 0 unspecified atom stereocenters. The Morgan fingerprint density at radius 3 is 2.43 bits per heavy atom. The van der Waals surface area contributed by atoms with Crippen molar-refractivity contribution in [3.63, 3.8) is 0 Å². The van der Waals surface area contributed by atoms with Gasteiger partial charge in [0.25, 0.3) is 0 Å². The predicted molar refractivity (Wildman–Crippen MR) is 104 cm³/mol. The zero-order chi connectivity index (χ0) is 20.3. The molecule has 0 saturated heterocycles. The Bertz CT molecular complexity index is 980. The molecule has 1 amide bonds. The smallest absolute Gasteiger partial charge is 0.227 e. The van der Waals surface area contributed by atoms with Crippen LogP contribution in [0.2, 0.25) is 0 Å². The van der Waals surface area contributed by atoms with Gasteiger partial charge in [-0.05, 0) is 62.7 Å². The van der Waals surface area contributed by atoms with Crippen molar-refractivity contribution in [1.29, 1.82) is 0 Å². The van der Waals surface area contributed by atoms with Gasteiger partial charge < -0.3 is 4.90 Å². The maximum Gasteiger partial charge on any atom is 0.227 e. The molecule has 1 aromatic heterocycles. The van der Waals surface area contributed by atoms with Crippen molar-refractivity contribution in [2.45, 2.75) is 33.7 Å². The number of amides is 1. The van der Waals surface area contributed by atoms with E-state index < -0.39 is 0 Å². The molecular formula is C22H23F2N3O. The SMILES string of the molecule is CCN(Cc1cccc(F)c1)C(=O)Cc1c(C)nn(-c2ccc(F)cc2)c1C. The van der Waals surface area contributed by atoms with Gasteiger partial charge in [-0.25, -0.2) is 13.5 Å². The van der Waals surface area contributed by atoms with Gasteiger partial charge in [0, 0.05) is 24.3 Å². The fourth-order valence-corrected chi connectivity index (χ4v) is 3.26. The van der Waals surface area contributed by atoms with E-state index in [1.54, 1.807) is 27.8 Å². The topological polar surface area (TPSA) is 38.1 Å². The molecule has 0 bridgehead atoms. The van der Waals surface area contributed by atoms with Crippen molar-refractivity contribution >= 4 is 5.91 Å². The number of aromatic nitrogens is 2. The molecule has 0 fully saturated rings. The molecule has 146 valence electrons. The molecule has 0 radical (unpaired) electrons. The van der Waals surface area contributed by atoms with Crippen molar-refractivity contribution in [2.75, 3.05) is 6.54 Å². The normalized spacial score (nSPS) is 10.9.